The second-order valence-electron chi connectivity index (χ2n) is 8.56. The molecule has 1 aliphatic rings. The number of aromatic nitrogens is 1. The van der Waals surface area contributed by atoms with Crippen LogP contribution in [0.4, 0.5) is 5.69 Å². The molecule has 6 nitrogen and oxygen atoms in total. The molecule has 28 heavy (non-hydrogen) atoms. The SMILES string of the molecule is Cc1cc(N)c2c(O[C@H]3CC[C@H](NC(=O)COC(C)(C)C)CC3)cccc2n1. The molecule has 0 bridgehead atoms. The number of fused-ring (bicyclic) bond motifs is 1. The van der Waals surface area contributed by atoms with Gasteiger partial charge in [0.1, 0.15) is 12.4 Å². The molecule has 0 saturated heterocycles. The first kappa shape index (κ1) is 20.4. The number of anilines is 1. The number of nitrogens with zero attached hydrogens (tertiary/aromatic N) is 1. The van der Waals surface area contributed by atoms with Gasteiger partial charge in [0.05, 0.1) is 22.6 Å². The smallest absolute Gasteiger partial charge is 0.246 e. The van der Waals surface area contributed by atoms with E-state index >= 15 is 0 Å². The van der Waals surface area contributed by atoms with E-state index in [-0.39, 0.29) is 30.3 Å². The first-order valence-corrected chi connectivity index (χ1v) is 9.97. The van der Waals surface area contributed by atoms with E-state index in [1.54, 1.807) is 0 Å². The highest BCUT2D eigenvalue weighted by Crippen LogP contribution is 2.33. The van der Waals surface area contributed by atoms with Crippen molar-refractivity contribution in [3.05, 3.63) is 30.0 Å². The summed E-state index contributed by atoms with van der Waals surface area (Å²) in [4.78, 5) is 16.6. The molecule has 6 heteroatoms. The van der Waals surface area contributed by atoms with Crippen LogP contribution in [0.15, 0.2) is 24.3 Å². The van der Waals surface area contributed by atoms with Gasteiger partial charge in [0.2, 0.25) is 5.91 Å². The predicted molar refractivity (Wildman–Crippen MR) is 111 cm³/mol. The van der Waals surface area contributed by atoms with Gasteiger partial charge < -0.3 is 20.5 Å². The van der Waals surface area contributed by atoms with Crippen LogP contribution in [-0.2, 0) is 9.53 Å². The zero-order valence-electron chi connectivity index (χ0n) is 17.2. The molecule has 1 aromatic carbocycles. The third kappa shape index (κ3) is 5.35. The van der Waals surface area contributed by atoms with Crippen LogP contribution in [0, 0.1) is 6.92 Å². The number of nitrogens with two attached hydrogens (primary N) is 1. The number of amides is 1. The Morgan fingerprint density at radius 3 is 2.64 bits per heavy atom. The molecule has 1 aliphatic carbocycles. The largest absolute Gasteiger partial charge is 0.490 e. The van der Waals surface area contributed by atoms with E-state index < -0.39 is 0 Å². The summed E-state index contributed by atoms with van der Waals surface area (Å²) in [6.07, 6.45) is 3.68. The number of benzene rings is 1. The van der Waals surface area contributed by atoms with Crippen molar-refractivity contribution >= 4 is 22.5 Å². The zero-order valence-corrected chi connectivity index (χ0v) is 17.2. The highest BCUT2D eigenvalue weighted by Gasteiger charge is 2.25. The van der Waals surface area contributed by atoms with E-state index in [1.807, 2.05) is 52.0 Å². The molecular weight excluding hydrogens is 354 g/mol. The molecule has 1 saturated carbocycles. The molecule has 0 unspecified atom stereocenters. The van der Waals surface area contributed by atoms with Crippen molar-refractivity contribution in [3.63, 3.8) is 0 Å². The van der Waals surface area contributed by atoms with Crippen molar-refractivity contribution in [1.82, 2.24) is 10.3 Å². The Morgan fingerprint density at radius 1 is 1.25 bits per heavy atom. The molecule has 1 heterocycles. The van der Waals surface area contributed by atoms with E-state index in [4.69, 9.17) is 15.2 Å². The highest BCUT2D eigenvalue weighted by molar-refractivity contribution is 5.95. The monoisotopic (exact) mass is 385 g/mol. The fourth-order valence-electron chi connectivity index (χ4n) is 3.58. The Balaban J connectivity index is 1.55. The van der Waals surface area contributed by atoms with Crippen LogP contribution in [0.2, 0.25) is 0 Å². The van der Waals surface area contributed by atoms with Crippen LogP contribution in [0.5, 0.6) is 5.75 Å². The summed E-state index contributed by atoms with van der Waals surface area (Å²) in [6.45, 7) is 7.87. The van der Waals surface area contributed by atoms with Gasteiger partial charge in [-0.2, -0.15) is 0 Å². The van der Waals surface area contributed by atoms with Gasteiger partial charge in [-0.05, 0) is 71.6 Å². The summed E-state index contributed by atoms with van der Waals surface area (Å²) in [5.41, 5.74) is 8.36. The van der Waals surface area contributed by atoms with E-state index in [0.717, 1.165) is 48.0 Å². The van der Waals surface area contributed by atoms with Gasteiger partial charge in [-0.1, -0.05) is 6.07 Å². The standard InChI is InChI=1S/C22H31N3O3/c1-14-12-17(23)21-18(24-14)6-5-7-19(21)28-16-10-8-15(9-11-16)25-20(26)13-27-22(2,3)4/h5-7,12,15-16H,8-11,13H2,1-4H3,(H2,23,24)(H,25,26)/t15-,16-. The molecule has 0 atom stereocenters. The molecule has 1 fully saturated rings. The minimum atomic E-state index is -0.309. The normalized spacial score (nSPS) is 20.1. The van der Waals surface area contributed by atoms with E-state index in [2.05, 4.69) is 10.3 Å². The van der Waals surface area contributed by atoms with Gasteiger partial charge in [0.25, 0.3) is 0 Å². The van der Waals surface area contributed by atoms with E-state index in [1.165, 1.54) is 0 Å². The van der Waals surface area contributed by atoms with Gasteiger partial charge in [0, 0.05) is 17.4 Å². The molecule has 3 rings (SSSR count). The Labute approximate surface area is 166 Å². The van der Waals surface area contributed by atoms with Crippen molar-refractivity contribution in [3.8, 4) is 5.75 Å². The number of carbonyl (C=O) groups is 1. The molecule has 0 radical (unpaired) electrons. The lowest BCUT2D eigenvalue weighted by molar-refractivity contribution is -0.131. The number of carbonyl (C=O) groups excluding carboxylic acids is 1. The van der Waals surface area contributed by atoms with Crippen LogP contribution in [0.1, 0.15) is 52.1 Å². The summed E-state index contributed by atoms with van der Waals surface area (Å²) in [6, 6.07) is 7.91. The molecule has 0 aliphatic heterocycles. The van der Waals surface area contributed by atoms with E-state index in [9.17, 15) is 4.79 Å². The lowest BCUT2D eigenvalue weighted by Gasteiger charge is -2.30. The summed E-state index contributed by atoms with van der Waals surface area (Å²) in [5, 5.41) is 3.95. The average Bonchev–Trinajstić information content (AvgIpc) is 2.61. The number of nitrogens with one attached hydrogen (secondary N) is 1. The number of nitrogen functional groups attached to an aromatic ring is 1. The number of aryl methyl sites for hydroxylation is 1. The van der Waals surface area contributed by atoms with Gasteiger partial charge in [-0.15, -0.1) is 0 Å². The van der Waals surface area contributed by atoms with Gasteiger partial charge >= 0.3 is 0 Å². The van der Waals surface area contributed by atoms with Gasteiger partial charge in [0.15, 0.2) is 0 Å². The Bertz CT molecular complexity index is 837. The Hall–Kier alpha value is -2.34. The molecule has 3 N–H and O–H groups in total. The lowest BCUT2D eigenvalue weighted by atomic mass is 9.93. The number of hydrogen-bond acceptors (Lipinski definition) is 5. The summed E-state index contributed by atoms with van der Waals surface area (Å²) in [7, 11) is 0. The summed E-state index contributed by atoms with van der Waals surface area (Å²) >= 11 is 0. The lowest BCUT2D eigenvalue weighted by Crippen LogP contribution is -2.42. The molecular formula is C22H31N3O3. The van der Waals surface area contributed by atoms with Crippen LogP contribution in [0.3, 0.4) is 0 Å². The van der Waals surface area contributed by atoms with Gasteiger partial charge in [-0.3, -0.25) is 9.78 Å². The minimum Gasteiger partial charge on any atom is -0.490 e. The topological polar surface area (TPSA) is 86.5 Å². The third-order valence-corrected chi connectivity index (χ3v) is 4.92. The zero-order chi connectivity index (χ0) is 20.3. The maximum atomic E-state index is 12.1. The van der Waals surface area contributed by atoms with Gasteiger partial charge in [-0.25, -0.2) is 0 Å². The summed E-state index contributed by atoms with van der Waals surface area (Å²) < 4.78 is 11.8. The Kier molecular flexibility index (Phi) is 6.08. The first-order valence-electron chi connectivity index (χ1n) is 9.97. The Morgan fingerprint density at radius 2 is 1.96 bits per heavy atom. The highest BCUT2D eigenvalue weighted by atomic mass is 16.5. The number of pyridine rings is 1. The van der Waals surface area contributed by atoms with Crippen LogP contribution >= 0.6 is 0 Å². The maximum Gasteiger partial charge on any atom is 0.246 e. The average molecular weight is 386 g/mol. The van der Waals surface area contributed by atoms with Crippen LogP contribution in [-0.4, -0.2) is 35.2 Å². The number of rotatable bonds is 5. The molecule has 0 spiro atoms. The maximum absolute atomic E-state index is 12.1. The summed E-state index contributed by atoms with van der Waals surface area (Å²) in [5.74, 6) is 0.733. The van der Waals surface area contributed by atoms with Crippen molar-refractivity contribution in [2.75, 3.05) is 12.3 Å². The second kappa shape index (κ2) is 8.35. The fraction of sp³-hybridized carbons (Fsp3) is 0.545. The van der Waals surface area contributed by atoms with Crippen molar-refractivity contribution < 1.29 is 14.3 Å². The first-order chi connectivity index (χ1) is 13.2. The quantitative estimate of drug-likeness (QED) is 0.819. The predicted octanol–water partition coefficient (Wildman–Crippen LogP) is 3.75. The minimum absolute atomic E-state index is 0.0532. The molecule has 1 aromatic heterocycles. The van der Waals surface area contributed by atoms with Crippen molar-refractivity contribution in [1.29, 1.82) is 0 Å². The molecule has 152 valence electrons. The second-order valence-corrected chi connectivity index (χ2v) is 8.56. The van der Waals surface area contributed by atoms with Crippen molar-refractivity contribution in [2.45, 2.75) is 71.1 Å². The molecule has 2 aromatic rings. The third-order valence-electron chi connectivity index (χ3n) is 4.92. The van der Waals surface area contributed by atoms with Crippen molar-refractivity contribution in [2.24, 2.45) is 0 Å². The fourth-order valence-corrected chi connectivity index (χ4v) is 3.58. The number of hydrogen-bond donors (Lipinski definition) is 2. The van der Waals surface area contributed by atoms with Crippen LogP contribution < -0.4 is 15.8 Å². The molecule has 1 amide bonds. The van der Waals surface area contributed by atoms with E-state index in [0.29, 0.717) is 5.69 Å². The van der Waals surface area contributed by atoms with Crippen LogP contribution in [0.25, 0.3) is 10.9 Å². The number of ether oxygens (including phenoxy) is 2.